The molecule has 1 atom stereocenters. The van der Waals surface area contributed by atoms with E-state index in [1.54, 1.807) is 17.3 Å². The number of carbonyl (C=O) groups is 1. The van der Waals surface area contributed by atoms with Crippen LogP contribution in [-0.4, -0.2) is 59.3 Å². The molecule has 1 unspecified atom stereocenters. The number of carbonyl (C=O) groups excluding carboxylic acids is 1. The third-order valence-electron chi connectivity index (χ3n) is 4.96. The van der Waals surface area contributed by atoms with Crippen molar-refractivity contribution < 1.29 is 32.2 Å². The van der Waals surface area contributed by atoms with E-state index in [9.17, 15) is 18.0 Å². The largest absolute Gasteiger partial charge is 0.482 e. The van der Waals surface area contributed by atoms with Crippen LogP contribution in [-0.2, 0) is 27.1 Å². The van der Waals surface area contributed by atoms with E-state index in [4.69, 9.17) is 19.9 Å². The van der Waals surface area contributed by atoms with Crippen LogP contribution in [0.25, 0.3) is 0 Å². The van der Waals surface area contributed by atoms with Gasteiger partial charge in [-0.25, -0.2) is 9.97 Å². The first-order valence-electron chi connectivity index (χ1n) is 10.3. The molecule has 2 fully saturated rings. The van der Waals surface area contributed by atoms with Gasteiger partial charge in [0.2, 0.25) is 11.9 Å². The number of nitrogens with two attached hydrogens (primary N) is 1. The number of aromatic nitrogens is 2. The Balaban J connectivity index is 0.000000215. The quantitative estimate of drug-likeness (QED) is 0.654. The second-order valence-electron chi connectivity index (χ2n) is 7.46. The summed E-state index contributed by atoms with van der Waals surface area (Å²) in [6.45, 7) is 6.05. The van der Waals surface area contributed by atoms with Gasteiger partial charge >= 0.3 is 6.18 Å². The van der Waals surface area contributed by atoms with E-state index in [0.29, 0.717) is 37.6 Å². The second-order valence-corrected chi connectivity index (χ2v) is 7.46. The highest BCUT2D eigenvalue weighted by Gasteiger charge is 2.30. The molecule has 4 rings (SSSR count). The molecule has 2 aromatic rings. The molecule has 33 heavy (non-hydrogen) atoms. The number of anilines is 1. The Kier molecular flexibility index (Phi) is 8.23. The zero-order valence-electron chi connectivity index (χ0n) is 17.8. The van der Waals surface area contributed by atoms with E-state index in [0.717, 1.165) is 18.6 Å². The number of likely N-dealkylation sites (tertiary alicyclic amines) is 1. The number of hydrogen-bond donors (Lipinski definition) is 1. The van der Waals surface area contributed by atoms with Crippen molar-refractivity contribution in [2.45, 2.75) is 31.4 Å². The number of hydrogen-bond acceptors (Lipinski definition) is 7. The van der Waals surface area contributed by atoms with Gasteiger partial charge in [0.05, 0.1) is 43.9 Å². The van der Waals surface area contributed by atoms with E-state index in [-0.39, 0.29) is 30.7 Å². The Morgan fingerprint density at radius 2 is 1.88 bits per heavy atom. The molecule has 0 saturated carbocycles. The Labute approximate surface area is 189 Å². The molecule has 2 saturated heterocycles. The molecule has 178 valence electrons. The summed E-state index contributed by atoms with van der Waals surface area (Å²) in [4.78, 5) is 20.6. The highest BCUT2D eigenvalue weighted by molar-refractivity contribution is 5.87. The molecule has 2 aliphatic rings. The molecule has 1 amide bonds. The van der Waals surface area contributed by atoms with Crippen molar-refractivity contribution in [1.82, 2.24) is 14.9 Å². The lowest BCUT2D eigenvalue weighted by Crippen LogP contribution is -2.38. The minimum absolute atomic E-state index is 0.0869. The van der Waals surface area contributed by atoms with Crippen LogP contribution in [0.15, 0.2) is 49.3 Å². The van der Waals surface area contributed by atoms with Crippen LogP contribution in [0.3, 0.4) is 0 Å². The number of alkyl halides is 3. The first-order chi connectivity index (χ1) is 15.7. The number of ether oxygens (including phenoxy) is 3. The zero-order chi connectivity index (χ0) is 23.8. The number of rotatable bonds is 6. The zero-order valence-corrected chi connectivity index (χ0v) is 17.8. The first kappa shape index (κ1) is 24.5. The van der Waals surface area contributed by atoms with Gasteiger partial charge in [-0.15, -0.1) is 0 Å². The molecule has 0 radical (unpaired) electrons. The van der Waals surface area contributed by atoms with Crippen LogP contribution >= 0.6 is 0 Å². The third-order valence-corrected chi connectivity index (χ3v) is 4.96. The number of nitrogens with zero attached hydrogens (tertiary/aromatic N) is 3. The summed E-state index contributed by atoms with van der Waals surface area (Å²) in [5, 5.41) is 0. The monoisotopic (exact) mass is 466 g/mol. The lowest BCUT2D eigenvalue weighted by molar-refractivity contribution is -0.137. The van der Waals surface area contributed by atoms with Crippen LogP contribution in [0.2, 0.25) is 0 Å². The first-order valence-corrected chi connectivity index (χ1v) is 10.3. The molecule has 2 N–H and O–H groups in total. The molecular formula is C22H25F3N4O4. The van der Waals surface area contributed by atoms with Gasteiger partial charge in [-0.05, 0) is 30.2 Å². The van der Waals surface area contributed by atoms with Gasteiger partial charge in [0.15, 0.2) is 5.75 Å². The topological polar surface area (TPSA) is 99.8 Å². The maximum atomic E-state index is 12.4. The average Bonchev–Trinajstić information content (AvgIpc) is 3.25. The predicted molar refractivity (Wildman–Crippen MR) is 113 cm³/mol. The van der Waals surface area contributed by atoms with Crippen molar-refractivity contribution in [2.75, 3.05) is 32.0 Å². The normalized spacial score (nSPS) is 18.2. The SMILES string of the molecule is C=CC(=O)N1CCC(OCc2ccc(C(F)(F)F)cc2)C1.Nc1ncc(OC2COC2)cn1. The maximum absolute atomic E-state index is 12.4. The third kappa shape index (κ3) is 7.43. The van der Waals surface area contributed by atoms with Gasteiger partial charge in [0, 0.05) is 13.1 Å². The number of halogens is 3. The predicted octanol–water partition coefficient (Wildman–Crippen LogP) is 2.85. The summed E-state index contributed by atoms with van der Waals surface area (Å²) < 4.78 is 53.2. The Morgan fingerprint density at radius 1 is 1.21 bits per heavy atom. The van der Waals surface area contributed by atoms with Crippen LogP contribution in [0.5, 0.6) is 5.75 Å². The fourth-order valence-electron chi connectivity index (χ4n) is 3.06. The van der Waals surface area contributed by atoms with Crippen molar-refractivity contribution in [3.8, 4) is 5.75 Å². The summed E-state index contributed by atoms with van der Waals surface area (Å²) in [5.41, 5.74) is 5.31. The van der Waals surface area contributed by atoms with Crippen molar-refractivity contribution in [3.63, 3.8) is 0 Å². The van der Waals surface area contributed by atoms with E-state index in [2.05, 4.69) is 16.5 Å². The number of amides is 1. The van der Waals surface area contributed by atoms with Crippen molar-refractivity contribution in [1.29, 1.82) is 0 Å². The smallest absolute Gasteiger partial charge is 0.416 e. The highest BCUT2D eigenvalue weighted by atomic mass is 19.4. The summed E-state index contributed by atoms with van der Waals surface area (Å²) in [7, 11) is 0. The van der Waals surface area contributed by atoms with Crippen LogP contribution < -0.4 is 10.5 Å². The van der Waals surface area contributed by atoms with Crippen LogP contribution in [0.4, 0.5) is 19.1 Å². The van der Waals surface area contributed by atoms with Crippen molar-refractivity contribution in [2.24, 2.45) is 0 Å². The van der Waals surface area contributed by atoms with Gasteiger partial charge in [-0.3, -0.25) is 4.79 Å². The van der Waals surface area contributed by atoms with Gasteiger partial charge < -0.3 is 24.8 Å². The maximum Gasteiger partial charge on any atom is 0.416 e. The molecule has 8 nitrogen and oxygen atoms in total. The average molecular weight is 466 g/mol. The Bertz CT molecular complexity index is 919. The Hall–Kier alpha value is -3.18. The molecule has 11 heteroatoms. The Morgan fingerprint density at radius 3 is 2.42 bits per heavy atom. The molecule has 1 aromatic carbocycles. The van der Waals surface area contributed by atoms with Crippen molar-refractivity contribution >= 4 is 11.9 Å². The molecule has 0 spiro atoms. The molecular weight excluding hydrogens is 441 g/mol. The van der Waals surface area contributed by atoms with E-state index in [1.165, 1.54) is 18.2 Å². The minimum atomic E-state index is -4.32. The van der Waals surface area contributed by atoms with Crippen LogP contribution in [0.1, 0.15) is 17.5 Å². The molecule has 3 heterocycles. The second kappa shape index (κ2) is 11.1. The number of nitrogen functional groups attached to an aromatic ring is 1. The fraction of sp³-hybridized carbons (Fsp3) is 0.409. The van der Waals surface area contributed by atoms with E-state index < -0.39 is 11.7 Å². The van der Waals surface area contributed by atoms with Gasteiger partial charge in [0.25, 0.3) is 0 Å². The summed E-state index contributed by atoms with van der Waals surface area (Å²) >= 11 is 0. The fourth-order valence-corrected chi connectivity index (χ4v) is 3.06. The van der Waals surface area contributed by atoms with Gasteiger partial charge in [0.1, 0.15) is 6.10 Å². The molecule has 0 bridgehead atoms. The van der Waals surface area contributed by atoms with Gasteiger partial charge in [-0.1, -0.05) is 18.7 Å². The minimum Gasteiger partial charge on any atom is -0.482 e. The number of benzene rings is 1. The van der Waals surface area contributed by atoms with Gasteiger partial charge in [-0.2, -0.15) is 13.2 Å². The standard InChI is InChI=1S/C15H16F3NO2.C7H9N3O2/c1-2-14(20)19-8-7-13(9-19)21-10-11-3-5-12(6-4-11)15(16,17)18;8-7-9-1-5(2-10-7)12-6-3-11-4-6/h2-6,13H,1,7-10H2;1-2,6H,3-4H2,(H2,8,9,10). The van der Waals surface area contributed by atoms with Crippen molar-refractivity contribution in [3.05, 3.63) is 60.4 Å². The summed E-state index contributed by atoms with van der Waals surface area (Å²) in [5.74, 6) is 0.764. The lowest BCUT2D eigenvalue weighted by Gasteiger charge is -2.26. The van der Waals surface area contributed by atoms with E-state index in [1.807, 2.05) is 0 Å². The summed E-state index contributed by atoms with van der Waals surface area (Å²) in [6, 6.07) is 4.90. The molecule has 0 aliphatic carbocycles. The summed E-state index contributed by atoms with van der Waals surface area (Å²) in [6.07, 6.45) is 0.837. The molecule has 2 aliphatic heterocycles. The van der Waals surface area contributed by atoms with Crippen LogP contribution in [0, 0.1) is 0 Å². The van der Waals surface area contributed by atoms with E-state index >= 15 is 0 Å². The highest BCUT2D eigenvalue weighted by Crippen LogP contribution is 2.29. The lowest BCUT2D eigenvalue weighted by atomic mass is 10.1. The molecule has 1 aromatic heterocycles.